The van der Waals surface area contributed by atoms with Crippen molar-refractivity contribution in [2.75, 3.05) is 10.8 Å². The molecule has 0 aliphatic rings. The summed E-state index contributed by atoms with van der Waals surface area (Å²) in [5.41, 5.74) is 3.93. The van der Waals surface area contributed by atoms with Gasteiger partial charge >= 0.3 is 0 Å². The van der Waals surface area contributed by atoms with Crippen LogP contribution >= 0.6 is 0 Å². The van der Waals surface area contributed by atoms with E-state index in [2.05, 4.69) is 5.32 Å². The third kappa shape index (κ3) is 7.50. The Bertz CT molecular complexity index is 1410. The van der Waals surface area contributed by atoms with Gasteiger partial charge < -0.3 is 10.2 Å². The van der Waals surface area contributed by atoms with Crippen molar-refractivity contribution >= 4 is 27.5 Å². The maximum Gasteiger partial charge on any atom is 0.264 e. The number of amides is 2. The van der Waals surface area contributed by atoms with Crippen LogP contribution in [0, 0.1) is 20.8 Å². The molecule has 0 radical (unpaired) electrons. The van der Waals surface area contributed by atoms with Crippen molar-refractivity contribution in [3.63, 3.8) is 0 Å². The number of sulfonamides is 1. The molecule has 0 spiro atoms. The van der Waals surface area contributed by atoms with Crippen molar-refractivity contribution in [1.29, 1.82) is 0 Å². The molecule has 8 heteroatoms. The Balaban J connectivity index is 2.08. The van der Waals surface area contributed by atoms with Crippen molar-refractivity contribution < 1.29 is 18.0 Å². The number of nitrogens with zero attached hydrogens (tertiary/aromatic N) is 2. The van der Waals surface area contributed by atoms with Gasteiger partial charge in [0, 0.05) is 12.6 Å². The first-order chi connectivity index (χ1) is 19.0. The zero-order valence-electron chi connectivity index (χ0n) is 24.3. The Kier molecular flexibility index (Phi) is 10.5. The lowest BCUT2D eigenvalue weighted by atomic mass is 10.1. The second-order valence-electron chi connectivity index (χ2n) is 10.4. The molecule has 0 fully saturated rings. The Morgan fingerprint density at radius 3 is 2.05 bits per heavy atom. The zero-order valence-corrected chi connectivity index (χ0v) is 25.2. The average molecular weight is 564 g/mol. The fraction of sp³-hybridized carbons (Fsp3) is 0.375. The SMILES string of the molecule is CCC(C)NC(=O)C(CC)N(Cc1ccccc1)C(=O)CN(c1ccc(C)cc1C)S(=O)(=O)c1ccc(C)cc1. The van der Waals surface area contributed by atoms with Gasteiger partial charge in [-0.3, -0.25) is 13.9 Å². The van der Waals surface area contributed by atoms with Gasteiger partial charge in [0.25, 0.3) is 10.0 Å². The van der Waals surface area contributed by atoms with Gasteiger partial charge in [0.2, 0.25) is 11.8 Å². The molecular weight excluding hydrogens is 522 g/mol. The number of hydrogen-bond donors (Lipinski definition) is 1. The van der Waals surface area contributed by atoms with E-state index in [-0.39, 0.29) is 23.4 Å². The minimum atomic E-state index is -4.10. The summed E-state index contributed by atoms with van der Waals surface area (Å²) in [6.07, 6.45) is 1.14. The highest BCUT2D eigenvalue weighted by molar-refractivity contribution is 7.92. The molecule has 2 atom stereocenters. The van der Waals surface area contributed by atoms with Crippen molar-refractivity contribution in [3.05, 3.63) is 95.1 Å². The van der Waals surface area contributed by atoms with Crippen LogP contribution in [0.15, 0.2) is 77.7 Å². The van der Waals surface area contributed by atoms with E-state index in [1.165, 1.54) is 9.21 Å². The normalized spacial score (nSPS) is 12.8. The number of carbonyl (C=O) groups excluding carboxylic acids is 2. The lowest BCUT2D eigenvalue weighted by Gasteiger charge is -2.34. The van der Waals surface area contributed by atoms with Gasteiger partial charge in [0.15, 0.2) is 0 Å². The van der Waals surface area contributed by atoms with E-state index in [4.69, 9.17) is 0 Å². The molecule has 214 valence electrons. The number of benzene rings is 3. The fourth-order valence-electron chi connectivity index (χ4n) is 4.58. The third-order valence-electron chi connectivity index (χ3n) is 7.09. The van der Waals surface area contributed by atoms with Crippen LogP contribution in [0.3, 0.4) is 0 Å². The Morgan fingerprint density at radius 2 is 1.48 bits per heavy atom. The molecule has 3 aromatic carbocycles. The summed E-state index contributed by atoms with van der Waals surface area (Å²) >= 11 is 0. The predicted molar refractivity (Wildman–Crippen MR) is 161 cm³/mol. The molecule has 3 rings (SSSR count). The van der Waals surface area contributed by atoms with Crippen LogP contribution in [0.1, 0.15) is 55.9 Å². The highest BCUT2D eigenvalue weighted by Crippen LogP contribution is 2.28. The van der Waals surface area contributed by atoms with Crippen LogP contribution in [-0.2, 0) is 26.2 Å². The molecule has 0 aliphatic heterocycles. The second-order valence-corrected chi connectivity index (χ2v) is 12.2. The number of hydrogen-bond acceptors (Lipinski definition) is 4. The van der Waals surface area contributed by atoms with Crippen LogP contribution < -0.4 is 9.62 Å². The van der Waals surface area contributed by atoms with Crippen LogP contribution in [0.4, 0.5) is 5.69 Å². The van der Waals surface area contributed by atoms with Gasteiger partial charge in [-0.1, -0.05) is 79.6 Å². The minimum Gasteiger partial charge on any atom is -0.352 e. The van der Waals surface area contributed by atoms with Crippen molar-refractivity contribution in [2.24, 2.45) is 0 Å². The molecular formula is C32H41N3O4S. The van der Waals surface area contributed by atoms with Crippen LogP contribution in [-0.4, -0.2) is 43.8 Å². The molecule has 1 N–H and O–H groups in total. The van der Waals surface area contributed by atoms with Gasteiger partial charge in [0.1, 0.15) is 12.6 Å². The summed E-state index contributed by atoms with van der Waals surface area (Å²) in [6.45, 7) is 11.2. The number of carbonyl (C=O) groups is 2. The Morgan fingerprint density at radius 1 is 0.850 bits per heavy atom. The zero-order chi connectivity index (χ0) is 29.4. The second kappa shape index (κ2) is 13.6. The fourth-order valence-corrected chi connectivity index (χ4v) is 6.06. The van der Waals surface area contributed by atoms with Gasteiger partial charge in [-0.05, 0) is 69.9 Å². The van der Waals surface area contributed by atoms with Crippen molar-refractivity contribution in [3.8, 4) is 0 Å². The van der Waals surface area contributed by atoms with E-state index in [1.807, 2.05) is 84.0 Å². The van der Waals surface area contributed by atoms with E-state index in [1.54, 1.807) is 30.3 Å². The van der Waals surface area contributed by atoms with E-state index >= 15 is 0 Å². The summed E-state index contributed by atoms with van der Waals surface area (Å²) in [5.74, 6) is -0.703. The number of nitrogens with one attached hydrogen (secondary N) is 1. The molecule has 7 nitrogen and oxygen atoms in total. The highest BCUT2D eigenvalue weighted by atomic mass is 32.2. The minimum absolute atomic E-state index is 0.0520. The third-order valence-corrected chi connectivity index (χ3v) is 8.87. The molecule has 40 heavy (non-hydrogen) atoms. The molecule has 2 amide bonds. The Labute approximate surface area is 239 Å². The summed E-state index contributed by atoms with van der Waals surface area (Å²) in [7, 11) is -4.10. The topological polar surface area (TPSA) is 86.8 Å². The lowest BCUT2D eigenvalue weighted by molar-refractivity contribution is -0.140. The quantitative estimate of drug-likeness (QED) is 0.314. The molecule has 2 unspecified atom stereocenters. The average Bonchev–Trinajstić information content (AvgIpc) is 2.92. The molecule has 0 saturated carbocycles. The number of aryl methyl sites for hydroxylation is 3. The number of anilines is 1. The maximum atomic E-state index is 14.1. The van der Waals surface area contributed by atoms with Gasteiger partial charge in [-0.2, -0.15) is 0 Å². The smallest absolute Gasteiger partial charge is 0.264 e. The first-order valence-electron chi connectivity index (χ1n) is 13.8. The van der Waals surface area contributed by atoms with Crippen LogP contribution in [0.2, 0.25) is 0 Å². The van der Waals surface area contributed by atoms with E-state index in [0.29, 0.717) is 12.1 Å². The van der Waals surface area contributed by atoms with Crippen LogP contribution in [0.25, 0.3) is 0 Å². The predicted octanol–water partition coefficient (Wildman–Crippen LogP) is 5.53. The first kappa shape index (κ1) is 30.9. The van der Waals surface area contributed by atoms with Gasteiger partial charge in [-0.25, -0.2) is 8.42 Å². The standard InChI is InChI=1S/C32H41N3O4S/c1-7-26(6)33-32(37)29(8-2)34(21-27-12-10-9-11-13-27)31(36)22-35(30-19-16-24(4)20-25(30)5)40(38,39)28-17-14-23(3)15-18-28/h9-20,26,29H,7-8,21-22H2,1-6H3,(H,33,37). The summed E-state index contributed by atoms with van der Waals surface area (Å²) in [6, 6.07) is 20.7. The molecule has 0 saturated heterocycles. The van der Waals surface area contributed by atoms with E-state index in [0.717, 1.165) is 28.7 Å². The monoisotopic (exact) mass is 563 g/mol. The van der Waals surface area contributed by atoms with E-state index < -0.39 is 28.5 Å². The molecule has 0 bridgehead atoms. The number of rotatable bonds is 12. The molecule has 0 heterocycles. The summed E-state index contributed by atoms with van der Waals surface area (Å²) in [5, 5.41) is 3.00. The van der Waals surface area contributed by atoms with Crippen molar-refractivity contribution in [2.45, 2.75) is 77.9 Å². The largest absolute Gasteiger partial charge is 0.352 e. The Hall–Kier alpha value is -3.65. The first-order valence-corrected chi connectivity index (χ1v) is 15.2. The highest BCUT2D eigenvalue weighted by Gasteiger charge is 2.34. The lowest BCUT2D eigenvalue weighted by Crippen LogP contribution is -2.53. The van der Waals surface area contributed by atoms with Crippen molar-refractivity contribution in [1.82, 2.24) is 10.2 Å². The van der Waals surface area contributed by atoms with Crippen LogP contribution in [0.5, 0.6) is 0 Å². The van der Waals surface area contributed by atoms with Gasteiger partial charge in [0.05, 0.1) is 10.6 Å². The van der Waals surface area contributed by atoms with Gasteiger partial charge in [-0.15, -0.1) is 0 Å². The summed E-state index contributed by atoms with van der Waals surface area (Å²) in [4.78, 5) is 29.1. The maximum absolute atomic E-state index is 14.1. The molecule has 0 aliphatic carbocycles. The van der Waals surface area contributed by atoms with E-state index in [9.17, 15) is 18.0 Å². The molecule has 3 aromatic rings. The summed E-state index contributed by atoms with van der Waals surface area (Å²) < 4.78 is 29.2. The molecule has 0 aromatic heterocycles.